The van der Waals surface area contributed by atoms with E-state index in [-0.39, 0.29) is 0 Å². The smallest absolute Gasteiger partial charge is 0.225 e. The second-order valence-electron chi connectivity index (χ2n) is 7.56. The normalized spacial score (nSPS) is 17.3. The van der Waals surface area contributed by atoms with Crippen molar-refractivity contribution in [3.63, 3.8) is 0 Å². The number of anilines is 3. The van der Waals surface area contributed by atoms with Gasteiger partial charge in [-0.25, -0.2) is 9.97 Å². The van der Waals surface area contributed by atoms with Gasteiger partial charge in [0, 0.05) is 70.3 Å². The van der Waals surface area contributed by atoms with Gasteiger partial charge < -0.3 is 20.0 Å². The Morgan fingerprint density at radius 2 is 1.40 bits per heavy atom. The van der Waals surface area contributed by atoms with Crippen LogP contribution in [0.15, 0.2) is 54.9 Å². The van der Waals surface area contributed by atoms with Crippen molar-refractivity contribution >= 4 is 17.5 Å². The van der Waals surface area contributed by atoms with E-state index in [9.17, 15) is 0 Å². The lowest BCUT2D eigenvalue weighted by Crippen LogP contribution is -2.49. The topological polar surface area (TPSA) is 73.3 Å². The van der Waals surface area contributed by atoms with Crippen LogP contribution in [0.4, 0.5) is 17.5 Å². The Morgan fingerprint density at radius 3 is 2.13 bits per heavy atom. The first-order valence-electron chi connectivity index (χ1n) is 10.5. The Balaban J connectivity index is 1.41. The van der Waals surface area contributed by atoms with Crippen molar-refractivity contribution in [2.75, 3.05) is 67.1 Å². The first-order chi connectivity index (χ1) is 14.9. The van der Waals surface area contributed by atoms with Crippen molar-refractivity contribution in [1.29, 1.82) is 0 Å². The van der Waals surface area contributed by atoms with E-state index in [1.165, 1.54) is 5.69 Å². The van der Waals surface area contributed by atoms with Crippen LogP contribution in [0.1, 0.15) is 0 Å². The highest BCUT2D eigenvalue weighted by atomic mass is 15.4. The lowest BCUT2D eigenvalue weighted by molar-refractivity contribution is 0.584. The maximum absolute atomic E-state index is 4.72. The Kier molecular flexibility index (Phi) is 5.39. The second kappa shape index (κ2) is 8.62. The Bertz CT molecular complexity index is 951. The SMILES string of the molecule is c1ccc(-c2cc(N3CCNCC3)c(N3CCN(c4ncccn4)CC3)nn2)cc1. The summed E-state index contributed by atoms with van der Waals surface area (Å²) in [6, 6.07) is 14.3. The van der Waals surface area contributed by atoms with Gasteiger partial charge in [0.05, 0.1) is 11.4 Å². The van der Waals surface area contributed by atoms with E-state index in [4.69, 9.17) is 5.10 Å². The molecule has 8 nitrogen and oxygen atoms in total. The summed E-state index contributed by atoms with van der Waals surface area (Å²) < 4.78 is 0. The van der Waals surface area contributed by atoms with Gasteiger partial charge in [-0.1, -0.05) is 30.3 Å². The van der Waals surface area contributed by atoms with Gasteiger partial charge in [0.25, 0.3) is 0 Å². The molecule has 5 rings (SSSR count). The van der Waals surface area contributed by atoms with Gasteiger partial charge in [0.2, 0.25) is 5.95 Å². The minimum absolute atomic E-state index is 0.796. The summed E-state index contributed by atoms with van der Waals surface area (Å²) in [6.07, 6.45) is 3.59. The molecule has 2 saturated heterocycles. The van der Waals surface area contributed by atoms with Crippen LogP contribution in [0.5, 0.6) is 0 Å². The van der Waals surface area contributed by atoms with Crippen LogP contribution in [0.3, 0.4) is 0 Å². The highest BCUT2D eigenvalue weighted by Gasteiger charge is 2.25. The number of nitrogens with zero attached hydrogens (tertiary/aromatic N) is 7. The second-order valence-corrected chi connectivity index (χ2v) is 7.56. The predicted molar refractivity (Wildman–Crippen MR) is 119 cm³/mol. The molecule has 2 aliphatic rings. The third-order valence-electron chi connectivity index (χ3n) is 5.70. The maximum atomic E-state index is 4.72. The summed E-state index contributed by atoms with van der Waals surface area (Å²) in [5.74, 6) is 1.77. The van der Waals surface area contributed by atoms with Crippen LogP contribution < -0.4 is 20.0 Å². The molecule has 0 unspecified atom stereocenters. The lowest BCUT2D eigenvalue weighted by atomic mass is 10.1. The van der Waals surface area contributed by atoms with E-state index in [2.05, 4.69) is 53.3 Å². The van der Waals surface area contributed by atoms with Crippen molar-refractivity contribution in [1.82, 2.24) is 25.5 Å². The van der Waals surface area contributed by atoms with Crippen molar-refractivity contribution in [3.05, 3.63) is 54.9 Å². The van der Waals surface area contributed by atoms with Gasteiger partial charge in [0.15, 0.2) is 5.82 Å². The molecule has 0 bridgehead atoms. The van der Waals surface area contributed by atoms with E-state index in [1.807, 2.05) is 24.3 Å². The molecule has 0 amide bonds. The molecule has 4 heterocycles. The molecule has 2 aromatic heterocycles. The monoisotopic (exact) mass is 402 g/mol. The third-order valence-corrected chi connectivity index (χ3v) is 5.70. The molecule has 0 radical (unpaired) electrons. The number of aromatic nitrogens is 4. The van der Waals surface area contributed by atoms with Gasteiger partial charge in [0.1, 0.15) is 0 Å². The molecule has 2 fully saturated rings. The summed E-state index contributed by atoms with van der Waals surface area (Å²) in [7, 11) is 0. The minimum Gasteiger partial charge on any atom is -0.366 e. The predicted octanol–water partition coefficient (Wildman–Crippen LogP) is 1.67. The summed E-state index contributed by atoms with van der Waals surface area (Å²) >= 11 is 0. The standard InChI is InChI=1S/C22H26N8/c1-2-5-18(6-3-1)19-17-20(28-11-9-23-10-12-28)21(27-26-19)29-13-15-30(16-14-29)22-24-7-4-8-25-22/h1-8,17,23H,9-16H2. The van der Waals surface area contributed by atoms with E-state index in [0.29, 0.717) is 0 Å². The number of hydrogen-bond acceptors (Lipinski definition) is 8. The van der Waals surface area contributed by atoms with Gasteiger partial charge >= 0.3 is 0 Å². The van der Waals surface area contributed by atoms with Crippen LogP contribution >= 0.6 is 0 Å². The van der Waals surface area contributed by atoms with Crippen molar-refractivity contribution < 1.29 is 0 Å². The van der Waals surface area contributed by atoms with Crippen LogP contribution in [0.25, 0.3) is 11.3 Å². The van der Waals surface area contributed by atoms with Crippen LogP contribution in [-0.4, -0.2) is 72.5 Å². The molecule has 1 aromatic carbocycles. The molecule has 154 valence electrons. The minimum atomic E-state index is 0.796. The number of rotatable bonds is 4. The summed E-state index contributed by atoms with van der Waals surface area (Å²) in [6.45, 7) is 7.41. The molecular weight excluding hydrogens is 376 g/mol. The number of benzene rings is 1. The molecule has 8 heteroatoms. The molecule has 0 saturated carbocycles. The fourth-order valence-corrected chi connectivity index (χ4v) is 4.06. The molecule has 3 aromatic rings. The highest BCUT2D eigenvalue weighted by Crippen LogP contribution is 2.31. The molecule has 30 heavy (non-hydrogen) atoms. The zero-order valence-electron chi connectivity index (χ0n) is 17.0. The van der Waals surface area contributed by atoms with E-state index in [0.717, 1.165) is 75.4 Å². The quantitative estimate of drug-likeness (QED) is 0.707. The average Bonchev–Trinajstić information content (AvgIpc) is 2.85. The summed E-state index contributed by atoms with van der Waals surface area (Å²) in [4.78, 5) is 15.8. The van der Waals surface area contributed by atoms with Gasteiger partial charge in [-0.15, -0.1) is 10.2 Å². The summed E-state index contributed by atoms with van der Waals surface area (Å²) in [5, 5.41) is 12.7. The maximum Gasteiger partial charge on any atom is 0.225 e. The molecule has 0 aliphatic carbocycles. The van der Waals surface area contributed by atoms with E-state index in [1.54, 1.807) is 12.4 Å². The fraction of sp³-hybridized carbons (Fsp3) is 0.364. The summed E-state index contributed by atoms with van der Waals surface area (Å²) in [5.41, 5.74) is 3.19. The van der Waals surface area contributed by atoms with Crippen LogP contribution in [0, 0.1) is 0 Å². The highest BCUT2D eigenvalue weighted by molar-refractivity contribution is 5.73. The average molecular weight is 403 g/mol. The number of piperazine rings is 2. The Morgan fingerprint density at radius 1 is 0.700 bits per heavy atom. The van der Waals surface area contributed by atoms with Crippen molar-refractivity contribution in [2.45, 2.75) is 0 Å². The van der Waals surface area contributed by atoms with Crippen molar-refractivity contribution in [3.8, 4) is 11.3 Å². The zero-order chi connectivity index (χ0) is 20.2. The Labute approximate surface area is 176 Å². The Hall–Kier alpha value is -3.26. The van der Waals surface area contributed by atoms with Crippen LogP contribution in [-0.2, 0) is 0 Å². The first kappa shape index (κ1) is 18.7. The van der Waals surface area contributed by atoms with Crippen LogP contribution in [0.2, 0.25) is 0 Å². The molecule has 1 N–H and O–H groups in total. The zero-order valence-corrected chi connectivity index (χ0v) is 17.0. The van der Waals surface area contributed by atoms with E-state index >= 15 is 0 Å². The molecule has 0 atom stereocenters. The lowest BCUT2D eigenvalue weighted by Gasteiger charge is -2.38. The molecule has 0 spiro atoms. The van der Waals surface area contributed by atoms with Crippen molar-refractivity contribution in [2.24, 2.45) is 0 Å². The molecule has 2 aliphatic heterocycles. The van der Waals surface area contributed by atoms with Gasteiger partial charge in [-0.2, -0.15) is 0 Å². The first-order valence-corrected chi connectivity index (χ1v) is 10.5. The number of nitrogens with one attached hydrogen (secondary N) is 1. The fourth-order valence-electron chi connectivity index (χ4n) is 4.06. The third kappa shape index (κ3) is 3.91. The molecular formula is C22H26N8. The number of hydrogen-bond donors (Lipinski definition) is 1. The van der Waals surface area contributed by atoms with Gasteiger partial charge in [-0.05, 0) is 12.1 Å². The largest absolute Gasteiger partial charge is 0.366 e. The van der Waals surface area contributed by atoms with E-state index < -0.39 is 0 Å². The van der Waals surface area contributed by atoms with Gasteiger partial charge in [-0.3, -0.25) is 0 Å².